The molecule has 4 nitrogen and oxygen atoms in total. The number of amides is 1. The summed E-state index contributed by atoms with van der Waals surface area (Å²) in [5, 5.41) is 2.50. The molecule has 1 amide bonds. The zero-order chi connectivity index (χ0) is 17.8. The number of oxazole rings is 1. The minimum atomic E-state index is -0.793. The van der Waals surface area contributed by atoms with Crippen molar-refractivity contribution in [1.82, 2.24) is 10.3 Å². The fourth-order valence-electron chi connectivity index (χ4n) is 2.22. The number of nitrogens with one attached hydrogen (secondary N) is 1. The Balaban J connectivity index is 1.58. The van der Waals surface area contributed by atoms with Crippen molar-refractivity contribution in [3.63, 3.8) is 0 Å². The van der Waals surface area contributed by atoms with Crippen LogP contribution in [0.5, 0.6) is 0 Å². The lowest BCUT2D eigenvalue weighted by Gasteiger charge is -2.05. The van der Waals surface area contributed by atoms with Crippen LogP contribution in [0.2, 0.25) is 0 Å². The SMILES string of the molecule is O=C(NCCc1coc(-c2ccc(F)cc2)n1)c1cc(F)ccc1F. The normalized spacial score (nSPS) is 10.7. The van der Waals surface area contributed by atoms with Crippen molar-refractivity contribution in [2.24, 2.45) is 0 Å². The van der Waals surface area contributed by atoms with E-state index in [1.807, 2.05) is 0 Å². The van der Waals surface area contributed by atoms with Crippen LogP contribution in [0, 0.1) is 17.5 Å². The Morgan fingerprint density at radius 2 is 1.76 bits per heavy atom. The average Bonchev–Trinajstić information content (AvgIpc) is 3.06. The van der Waals surface area contributed by atoms with E-state index in [0.717, 1.165) is 18.2 Å². The van der Waals surface area contributed by atoms with E-state index in [4.69, 9.17) is 4.42 Å². The van der Waals surface area contributed by atoms with Crippen molar-refractivity contribution >= 4 is 5.91 Å². The lowest BCUT2D eigenvalue weighted by atomic mass is 10.2. The van der Waals surface area contributed by atoms with Gasteiger partial charge in [0.2, 0.25) is 5.89 Å². The lowest BCUT2D eigenvalue weighted by Crippen LogP contribution is -2.26. The highest BCUT2D eigenvalue weighted by molar-refractivity contribution is 5.94. The van der Waals surface area contributed by atoms with Gasteiger partial charge in [0.15, 0.2) is 0 Å². The quantitative estimate of drug-likeness (QED) is 0.766. The van der Waals surface area contributed by atoms with Crippen molar-refractivity contribution < 1.29 is 22.4 Å². The molecule has 0 bridgehead atoms. The van der Waals surface area contributed by atoms with Gasteiger partial charge in [-0.25, -0.2) is 18.2 Å². The van der Waals surface area contributed by atoms with Crippen LogP contribution in [0.3, 0.4) is 0 Å². The molecule has 0 fully saturated rings. The van der Waals surface area contributed by atoms with Crippen LogP contribution in [0.1, 0.15) is 16.1 Å². The van der Waals surface area contributed by atoms with Crippen LogP contribution >= 0.6 is 0 Å². The molecule has 0 atom stereocenters. The molecule has 0 aliphatic carbocycles. The molecule has 0 aliphatic rings. The van der Waals surface area contributed by atoms with Gasteiger partial charge in [0.25, 0.3) is 5.91 Å². The highest BCUT2D eigenvalue weighted by Gasteiger charge is 2.13. The van der Waals surface area contributed by atoms with Gasteiger partial charge in [-0.2, -0.15) is 0 Å². The first-order chi connectivity index (χ1) is 12.0. The summed E-state index contributed by atoms with van der Waals surface area (Å²) in [4.78, 5) is 16.1. The first-order valence-electron chi connectivity index (χ1n) is 7.46. The summed E-state index contributed by atoms with van der Waals surface area (Å²) in [7, 11) is 0. The molecule has 0 saturated carbocycles. The van der Waals surface area contributed by atoms with E-state index in [-0.39, 0.29) is 17.9 Å². The molecule has 0 unspecified atom stereocenters. The molecule has 1 aromatic heterocycles. The van der Waals surface area contributed by atoms with Crippen LogP contribution in [-0.4, -0.2) is 17.4 Å². The molecule has 25 heavy (non-hydrogen) atoms. The summed E-state index contributed by atoms with van der Waals surface area (Å²) in [5.74, 6) is -2.22. The third kappa shape index (κ3) is 4.06. The first kappa shape index (κ1) is 16.8. The summed E-state index contributed by atoms with van der Waals surface area (Å²) < 4.78 is 44.8. The third-order valence-electron chi connectivity index (χ3n) is 3.48. The number of benzene rings is 2. The maximum atomic E-state index is 13.5. The molecule has 1 heterocycles. The van der Waals surface area contributed by atoms with Crippen molar-refractivity contribution in [1.29, 1.82) is 0 Å². The second kappa shape index (κ2) is 7.21. The van der Waals surface area contributed by atoms with E-state index in [0.29, 0.717) is 23.6 Å². The number of hydrogen-bond donors (Lipinski definition) is 1. The number of rotatable bonds is 5. The second-order valence-corrected chi connectivity index (χ2v) is 5.28. The summed E-state index contributed by atoms with van der Waals surface area (Å²) >= 11 is 0. The van der Waals surface area contributed by atoms with E-state index in [2.05, 4.69) is 10.3 Å². The Labute approximate surface area is 141 Å². The largest absolute Gasteiger partial charge is 0.444 e. The molecular weight excluding hydrogens is 333 g/mol. The molecule has 0 spiro atoms. The maximum Gasteiger partial charge on any atom is 0.254 e. The van der Waals surface area contributed by atoms with E-state index in [1.165, 1.54) is 18.4 Å². The Hall–Kier alpha value is -3.09. The molecule has 1 N–H and O–H groups in total. The average molecular weight is 346 g/mol. The van der Waals surface area contributed by atoms with Gasteiger partial charge in [0.05, 0.1) is 11.3 Å². The van der Waals surface area contributed by atoms with E-state index >= 15 is 0 Å². The predicted octanol–water partition coefficient (Wildman–Crippen LogP) is 3.73. The molecule has 0 aliphatic heterocycles. The smallest absolute Gasteiger partial charge is 0.254 e. The minimum Gasteiger partial charge on any atom is -0.444 e. The van der Waals surface area contributed by atoms with Gasteiger partial charge in [-0.1, -0.05) is 0 Å². The molecule has 3 rings (SSSR count). The number of carbonyl (C=O) groups is 1. The fraction of sp³-hybridized carbons (Fsp3) is 0.111. The number of carbonyl (C=O) groups excluding carboxylic acids is 1. The number of aromatic nitrogens is 1. The minimum absolute atomic E-state index is 0.171. The van der Waals surface area contributed by atoms with Crippen LogP contribution in [0.4, 0.5) is 13.2 Å². The Kier molecular flexibility index (Phi) is 4.83. The first-order valence-corrected chi connectivity index (χ1v) is 7.46. The molecule has 0 saturated heterocycles. The molecule has 0 radical (unpaired) electrons. The fourth-order valence-corrected chi connectivity index (χ4v) is 2.22. The van der Waals surface area contributed by atoms with Crippen molar-refractivity contribution in [2.75, 3.05) is 6.54 Å². The van der Waals surface area contributed by atoms with Gasteiger partial charge in [0.1, 0.15) is 23.7 Å². The van der Waals surface area contributed by atoms with Gasteiger partial charge < -0.3 is 9.73 Å². The number of halogens is 3. The van der Waals surface area contributed by atoms with Gasteiger partial charge in [-0.15, -0.1) is 0 Å². The standard InChI is InChI=1S/C18H13F3N2O2/c19-12-3-1-11(2-4-12)18-23-14(10-25-18)7-8-22-17(24)15-9-13(20)5-6-16(15)21/h1-6,9-10H,7-8H2,(H,22,24). The molecule has 7 heteroatoms. The zero-order valence-corrected chi connectivity index (χ0v) is 12.9. The van der Waals surface area contributed by atoms with Crippen molar-refractivity contribution in [3.8, 4) is 11.5 Å². The lowest BCUT2D eigenvalue weighted by molar-refractivity contribution is 0.0949. The van der Waals surface area contributed by atoms with Crippen LogP contribution in [0.15, 0.2) is 53.1 Å². The van der Waals surface area contributed by atoms with E-state index in [1.54, 1.807) is 12.1 Å². The van der Waals surface area contributed by atoms with Crippen LogP contribution in [0.25, 0.3) is 11.5 Å². The topological polar surface area (TPSA) is 55.1 Å². The van der Waals surface area contributed by atoms with Gasteiger partial charge >= 0.3 is 0 Å². The predicted molar refractivity (Wildman–Crippen MR) is 84.3 cm³/mol. The summed E-state index contributed by atoms with van der Waals surface area (Å²) in [6.45, 7) is 0.171. The van der Waals surface area contributed by atoms with Gasteiger partial charge in [0, 0.05) is 18.5 Å². The van der Waals surface area contributed by atoms with Crippen molar-refractivity contribution in [2.45, 2.75) is 6.42 Å². The van der Waals surface area contributed by atoms with Gasteiger partial charge in [-0.3, -0.25) is 4.79 Å². The summed E-state index contributed by atoms with van der Waals surface area (Å²) in [5.41, 5.74) is 0.838. The molecular formula is C18H13F3N2O2. The highest BCUT2D eigenvalue weighted by atomic mass is 19.1. The number of nitrogens with zero attached hydrogens (tertiary/aromatic N) is 1. The van der Waals surface area contributed by atoms with Crippen LogP contribution < -0.4 is 5.32 Å². The second-order valence-electron chi connectivity index (χ2n) is 5.28. The molecule has 3 aromatic rings. The van der Waals surface area contributed by atoms with Crippen LogP contribution in [-0.2, 0) is 6.42 Å². The molecule has 2 aromatic carbocycles. The van der Waals surface area contributed by atoms with Gasteiger partial charge in [-0.05, 0) is 42.5 Å². The maximum absolute atomic E-state index is 13.5. The number of hydrogen-bond acceptors (Lipinski definition) is 3. The Morgan fingerprint density at radius 1 is 1.04 bits per heavy atom. The van der Waals surface area contributed by atoms with Crippen molar-refractivity contribution in [3.05, 3.63) is 77.4 Å². The summed E-state index contributed by atoms with van der Waals surface area (Å²) in [6.07, 6.45) is 1.76. The Morgan fingerprint density at radius 3 is 2.52 bits per heavy atom. The van der Waals surface area contributed by atoms with E-state index in [9.17, 15) is 18.0 Å². The third-order valence-corrected chi connectivity index (χ3v) is 3.48. The monoisotopic (exact) mass is 346 g/mol. The van der Waals surface area contributed by atoms with E-state index < -0.39 is 17.5 Å². The zero-order valence-electron chi connectivity index (χ0n) is 12.9. The molecule has 128 valence electrons. The Bertz CT molecular complexity index is 892. The summed E-state index contributed by atoms with van der Waals surface area (Å²) in [6, 6.07) is 8.36. The highest BCUT2D eigenvalue weighted by Crippen LogP contribution is 2.19.